The van der Waals surface area contributed by atoms with Gasteiger partial charge in [0.1, 0.15) is 22.2 Å². The summed E-state index contributed by atoms with van der Waals surface area (Å²) in [6.07, 6.45) is 1.55. The van der Waals surface area contributed by atoms with E-state index in [4.69, 9.17) is 11.6 Å². The van der Waals surface area contributed by atoms with Crippen LogP contribution in [0, 0.1) is 29.8 Å². The van der Waals surface area contributed by atoms with E-state index in [0.29, 0.717) is 35.6 Å². The van der Waals surface area contributed by atoms with Crippen LogP contribution in [-0.2, 0) is 13.1 Å². The minimum absolute atomic E-state index is 0.00436. The van der Waals surface area contributed by atoms with Gasteiger partial charge in [-0.05, 0) is 49.2 Å². The van der Waals surface area contributed by atoms with Gasteiger partial charge in [0, 0.05) is 11.8 Å². The number of benzene rings is 2. The van der Waals surface area contributed by atoms with Crippen LogP contribution in [-0.4, -0.2) is 30.4 Å². The first-order valence-electron chi connectivity index (χ1n) is 10.3. The molecule has 0 saturated heterocycles. The molecule has 11 heteroatoms. The molecule has 0 saturated carbocycles. The molecule has 4 rings (SSSR count). The third-order valence-electron chi connectivity index (χ3n) is 5.26. The number of nitrogens with one attached hydrogen (secondary N) is 1. The summed E-state index contributed by atoms with van der Waals surface area (Å²) in [5.41, 5.74) is 2.75. The molecule has 9 nitrogen and oxygen atoms in total. The fourth-order valence-corrected chi connectivity index (χ4v) is 3.80. The lowest BCUT2D eigenvalue weighted by atomic mass is 10.1. The van der Waals surface area contributed by atoms with E-state index in [1.807, 2.05) is 0 Å². The van der Waals surface area contributed by atoms with Crippen molar-refractivity contribution >= 4 is 29.0 Å². The topological polar surface area (TPSA) is 108 Å². The second kappa shape index (κ2) is 9.44. The van der Waals surface area contributed by atoms with Crippen molar-refractivity contribution in [1.82, 2.24) is 19.6 Å². The Bertz CT molecular complexity index is 1380. The summed E-state index contributed by atoms with van der Waals surface area (Å²) < 4.78 is 16.5. The lowest BCUT2D eigenvalue weighted by molar-refractivity contribution is -0.386. The second-order valence-corrected chi connectivity index (χ2v) is 8.15. The lowest BCUT2D eigenvalue weighted by Gasteiger charge is -2.06. The van der Waals surface area contributed by atoms with Crippen molar-refractivity contribution in [2.45, 2.75) is 26.9 Å². The Labute approximate surface area is 198 Å². The van der Waals surface area contributed by atoms with E-state index in [2.05, 4.69) is 15.5 Å². The van der Waals surface area contributed by atoms with Crippen molar-refractivity contribution in [2.24, 2.45) is 0 Å². The summed E-state index contributed by atoms with van der Waals surface area (Å²) in [6, 6.07) is 12.9. The average molecular weight is 483 g/mol. The van der Waals surface area contributed by atoms with E-state index in [1.165, 1.54) is 16.8 Å². The zero-order valence-corrected chi connectivity index (χ0v) is 19.1. The molecule has 174 valence electrons. The Hall–Kier alpha value is -4.05. The Balaban J connectivity index is 1.43. The van der Waals surface area contributed by atoms with Crippen LogP contribution in [0.1, 0.15) is 32.9 Å². The number of aromatic nitrogens is 4. The minimum Gasteiger partial charge on any atom is -0.304 e. The maximum atomic E-state index is 13.4. The number of aryl methyl sites for hydroxylation is 1. The molecule has 0 radical (unpaired) electrons. The van der Waals surface area contributed by atoms with E-state index in [1.54, 1.807) is 61.1 Å². The summed E-state index contributed by atoms with van der Waals surface area (Å²) >= 11 is 6.21. The van der Waals surface area contributed by atoms with Crippen molar-refractivity contribution in [1.29, 1.82) is 0 Å². The molecule has 2 aromatic heterocycles. The van der Waals surface area contributed by atoms with E-state index in [0.717, 1.165) is 5.56 Å². The first-order valence-corrected chi connectivity index (χ1v) is 10.6. The summed E-state index contributed by atoms with van der Waals surface area (Å²) in [6.45, 7) is 3.88. The molecule has 0 aliphatic heterocycles. The third-order valence-corrected chi connectivity index (χ3v) is 5.53. The number of nitro groups is 1. The number of carbonyl (C=O) groups excluding carboxylic acids is 1. The first-order chi connectivity index (χ1) is 16.2. The number of anilines is 1. The smallest absolute Gasteiger partial charge is 0.304 e. The molecule has 0 atom stereocenters. The number of rotatable bonds is 7. The molecule has 1 amide bonds. The Morgan fingerprint density at radius 2 is 1.85 bits per heavy atom. The van der Waals surface area contributed by atoms with Gasteiger partial charge in [0.05, 0.1) is 18.0 Å². The highest BCUT2D eigenvalue weighted by Gasteiger charge is 2.21. The molecule has 0 unspecified atom stereocenters. The molecule has 34 heavy (non-hydrogen) atoms. The van der Waals surface area contributed by atoms with Crippen molar-refractivity contribution in [3.05, 3.63) is 104 Å². The summed E-state index contributed by atoms with van der Waals surface area (Å²) in [4.78, 5) is 23.4. The molecular weight excluding hydrogens is 463 g/mol. The van der Waals surface area contributed by atoms with Gasteiger partial charge in [-0.1, -0.05) is 35.9 Å². The van der Waals surface area contributed by atoms with Crippen molar-refractivity contribution in [3.63, 3.8) is 0 Å². The highest BCUT2D eigenvalue weighted by Crippen LogP contribution is 2.23. The zero-order chi connectivity index (χ0) is 24.4. The fourth-order valence-electron chi connectivity index (χ4n) is 3.60. The normalized spacial score (nSPS) is 10.9. The lowest BCUT2D eigenvalue weighted by Crippen LogP contribution is -2.13. The molecular formula is C23H20ClFN6O3. The van der Waals surface area contributed by atoms with Gasteiger partial charge in [-0.15, -0.1) is 0 Å². The third kappa shape index (κ3) is 4.96. The van der Waals surface area contributed by atoms with Crippen LogP contribution in [0.3, 0.4) is 0 Å². The van der Waals surface area contributed by atoms with E-state index in [9.17, 15) is 19.3 Å². The van der Waals surface area contributed by atoms with Crippen LogP contribution in [0.25, 0.3) is 0 Å². The van der Waals surface area contributed by atoms with Gasteiger partial charge in [0.2, 0.25) is 0 Å². The van der Waals surface area contributed by atoms with E-state index >= 15 is 0 Å². The number of hydrogen-bond acceptors (Lipinski definition) is 5. The van der Waals surface area contributed by atoms with Crippen LogP contribution >= 0.6 is 11.6 Å². The highest BCUT2D eigenvalue weighted by atomic mass is 35.5. The number of nitrogens with zero attached hydrogens (tertiary/aromatic N) is 5. The number of amides is 1. The Morgan fingerprint density at radius 3 is 2.50 bits per heavy atom. The molecule has 4 aromatic rings. The van der Waals surface area contributed by atoms with Crippen LogP contribution in [0.5, 0.6) is 0 Å². The van der Waals surface area contributed by atoms with Crippen molar-refractivity contribution < 1.29 is 14.1 Å². The van der Waals surface area contributed by atoms with E-state index < -0.39 is 10.8 Å². The fraction of sp³-hybridized carbons (Fsp3) is 0.174. The van der Waals surface area contributed by atoms with Gasteiger partial charge in [-0.25, -0.2) is 4.39 Å². The van der Waals surface area contributed by atoms with Gasteiger partial charge in [-0.2, -0.15) is 10.2 Å². The quantitative estimate of drug-likeness (QED) is 0.302. The average Bonchev–Trinajstić information content (AvgIpc) is 3.26. The maximum absolute atomic E-state index is 13.4. The molecule has 2 aromatic carbocycles. The Kier molecular flexibility index (Phi) is 6.42. The summed E-state index contributed by atoms with van der Waals surface area (Å²) in [5, 5.41) is 22.6. The van der Waals surface area contributed by atoms with Gasteiger partial charge < -0.3 is 5.32 Å². The Morgan fingerprint density at radius 1 is 1.12 bits per heavy atom. The van der Waals surface area contributed by atoms with E-state index in [-0.39, 0.29) is 22.3 Å². The molecule has 0 spiro atoms. The number of carbonyl (C=O) groups is 1. The van der Waals surface area contributed by atoms with Crippen LogP contribution < -0.4 is 5.32 Å². The SMILES string of the molecule is Cc1nn(Cc2ccc(C(=O)Nc3nn(Cc4cccc(F)c4)cc3Cl)cc2)c(C)c1[N+](=O)[O-]. The predicted molar refractivity (Wildman–Crippen MR) is 125 cm³/mol. The zero-order valence-electron chi connectivity index (χ0n) is 18.3. The minimum atomic E-state index is -0.438. The molecule has 0 aliphatic carbocycles. The largest absolute Gasteiger partial charge is 0.312 e. The van der Waals surface area contributed by atoms with Gasteiger partial charge >= 0.3 is 5.69 Å². The monoisotopic (exact) mass is 482 g/mol. The molecule has 0 aliphatic rings. The predicted octanol–water partition coefficient (Wildman–Crippen LogP) is 4.75. The standard InChI is InChI=1S/C23H20ClFN6O3/c1-14-21(31(33)34)15(2)30(27-14)12-16-6-8-18(9-7-16)23(32)26-22-20(24)13-29(28-22)11-17-4-3-5-19(25)10-17/h3-10,13H,11-12H2,1-2H3,(H,26,28,32). The van der Waals surface area contributed by atoms with Crippen LogP contribution in [0.2, 0.25) is 5.02 Å². The van der Waals surface area contributed by atoms with Gasteiger partial charge in [0.25, 0.3) is 5.91 Å². The summed E-state index contributed by atoms with van der Waals surface area (Å²) in [5.74, 6) is -0.544. The molecule has 0 bridgehead atoms. The van der Waals surface area contributed by atoms with Gasteiger partial charge in [0.15, 0.2) is 5.82 Å². The summed E-state index contributed by atoms with van der Waals surface area (Å²) in [7, 11) is 0. The maximum Gasteiger partial charge on any atom is 0.312 e. The number of hydrogen-bond donors (Lipinski definition) is 1. The first kappa shape index (κ1) is 23.1. The second-order valence-electron chi connectivity index (χ2n) is 7.74. The van der Waals surface area contributed by atoms with Crippen LogP contribution in [0.4, 0.5) is 15.9 Å². The van der Waals surface area contributed by atoms with Gasteiger partial charge in [-0.3, -0.25) is 24.3 Å². The molecule has 1 N–H and O–H groups in total. The van der Waals surface area contributed by atoms with Crippen LogP contribution in [0.15, 0.2) is 54.7 Å². The van der Waals surface area contributed by atoms with Crippen molar-refractivity contribution in [3.8, 4) is 0 Å². The molecule has 0 fully saturated rings. The molecule has 2 heterocycles. The van der Waals surface area contributed by atoms with Crippen molar-refractivity contribution in [2.75, 3.05) is 5.32 Å². The number of halogens is 2. The highest BCUT2D eigenvalue weighted by molar-refractivity contribution is 6.33.